The zero-order chi connectivity index (χ0) is 24.5. The number of benzene rings is 3. The number of halogens is 3. The molecule has 0 saturated carbocycles. The summed E-state index contributed by atoms with van der Waals surface area (Å²) in [5.74, 6) is 0.488. The Morgan fingerprint density at radius 1 is 0.882 bits per heavy atom. The van der Waals surface area contributed by atoms with E-state index in [0.29, 0.717) is 33.8 Å². The van der Waals surface area contributed by atoms with E-state index in [1.807, 2.05) is 48.5 Å². The quantitative estimate of drug-likeness (QED) is 0.333. The molecule has 0 fully saturated rings. The molecular weight excluding hydrogens is 511 g/mol. The molecule has 0 heterocycles. The van der Waals surface area contributed by atoms with Crippen molar-refractivity contribution < 1.29 is 9.59 Å². The van der Waals surface area contributed by atoms with Gasteiger partial charge in [-0.3, -0.25) is 9.59 Å². The van der Waals surface area contributed by atoms with Gasteiger partial charge in [0.15, 0.2) is 0 Å². The van der Waals surface area contributed by atoms with Crippen LogP contribution in [-0.2, 0) is 28.3 Å². The van der Waals surface area contributed by atoms with E-state index in [-0.39, 0.29) is 17.6 Å². The van der Waals surface area contributed by atoms with E-state index in [0.717, 1.165) is 16.7 Å². The van der Waals surface area contributed by atoms with Crippen molar-refractivity contribution in [1.82, 2.24) is 10.2 Å². The van der Waals surface area contributed by atoms with Crippen LogP contribution in [0.3, 0.4) is 0 Å². The lowest BCUT2D eigenvalue weighted by atomic mass is 10.0. The molecule has 0 saturated heterocycles. The van der Waals surface area contributed by atoms with Crippen molar-refractivity contribution in [3.05, 3.63) is 105 Å². The van der Waals surface area contributed by atoms with E-state index in [1.165, 1.54) is 11.8 Å². The van der Waals surface area contributed by atoms with Crippen molar-refractivity contribution in [3.8, 4) is 0 Å². The maximum Gasteiger partial charge on any atom is 0.242 e. The first-order valence-corrected chi connectivity index (χ1v) is 13.0. The minimum absolute atomic E-state index is 0.121. The molecule has 34 heavy (non-hydrogen) atoms. The third kappa shape index (κ3) is 7.67. The average Bonchev–Trinajstić information content (AvgIpc) is 2.84. The standard InChI is InChI=1S/C26H25Cl3N2O2S/c1-30-26(33)24(14-18-5-3-2-4-6-18)31(15-19-7-10-21(27)11-8-19)25(32)17-34-16-20-9-12-22(28)23(29)13-20/h2-13,24H,14-17H2,1H3,(H,30,33)/t24-/m0/s1. The molecule has 8 heteroatoms. The van der Waals surface area contributed by atoms with Gasteiger partial charge in [0.05, 0.1) is 15.8 Å². The van der Waals surface area contributed by atoms with Gasteiger partial charge in [-0.2, -0.15) is 0 Å². The topological polar surface area (TPSA) is 49.4 Å². The number of amides is 2. The van der Waals surface area contributed by atoms with Gasteiger partial charge >= 0.3 is 0 Å². The minimum Gasteiger partial charge on any atom is -0.357 e. The van der Waals surface area contributed by atoms with Crippen LogP contribution in [0.2, 0.25) is 15.1 Å². The van der Waals surface area contributed by atoms with E-state index < -0.39 is 6.04 Å². The van der Waals surface area contributed by atoms with Gasteiger partial charge in [-0.05, 0) is 41.0 Å². The molecule has 1 atom stereocenters. The van der Waals surface area contributed by atoms with Crippen LogP contribution in [0.4, 0.5) is 0 Å². The molecule has 178 valence electrons. The van der Waals surface area contributed by atoms with Crippen molar-refractivity contribution >= 4 is 58.4 Å². The maximum absolute atomic E-state index is 13.4. The van der Waals surface area contributed by atoms with Crippen molar-refractivity contribution in [2.45, 2.75) is 24.8 Å². The van der Waals surface area contributed by atoms with Crippen LogP contribution in [0.25, 0.3) is 0 Å². The molecule has 0 aliphatic rings. The normalized spacial score (nSPS) is 11.6. The Balaban J connectivity index is 1.79. The van der Waals surface area contributed by atoms with Crippen LogP contribution in [-0.4, -0.2) is 35.6 Å². The lowest BCUT2D eigenvalue weighted by Crippen LogP contribution is -2.50. The molecule has 0 bridgehead atoms. The van der Waals surface area contributed by atoms with E-state index >= 15 is 0 Å². The molecule has 0 unspecified atom stereocenters. The Morgan fingerprint density at radius 2 is 1.56 bits per heavy atom. The predicted molar refractivity (Wildman–Crippen MR) is 143 cm³/mol. The lowest BCUT2D eigenvalue weighted by Gasteiger charge is -2.31. The summed E-state index contributed by atoms with van der Waals surface area (Å²) in [6.07, 6.45) is 0.414. The van der Waals surface area contributed by atoms with Gasteiger partial charge in [-0.25, -0.2) is 0 Å². The van der Waals surface area contributed by atoms with Gasteiger partial charge < -0.3 is 10.2 Å². The number of hydrogen-bond acceptors (Lipinski definition) is 3. The van der Waals surface area contributed by atoms with Crippen molar-refractivity contribution in [2.75, 3.05) is 12.8 Å². The highest BCUT2D eigenvalue weighted by molar-refractivity contribution is 7.99. The predicted octanol–water partition coefficient (Wildman–Crippen LogP) is 6.27. The summed E-state index contributed by atoms with van der Waals surface area (Å²) in [4.78, 5) is 28.0. The summed E-state index contributed by atoms with van der Waals surface area (Å²) in [6, 6.07) is 21.8. The monoisotopic (exact) mass is 534 g/mol. The number of carbonyl (C=O) groups excluding carboxylic acids is 2. The summed E-state index contributed by atoms with van der Waals surface area (Å²) in [5, 5.41) is 4.32. The lowest BCUT2D eigenvalue weighted by molar-refractivity contribution is -0.139. The molecule has 2 amide bonds. The number of thioether (sulfide) groups is 1. The molecule has 0 aliphatic heterocycles. The first-order valence-electron chi connectivity index (χ1n) is 10.7. The summed E-state index contributed by atoms with van der Waals surface area (Å²) in [7, 11) is 1.59. The van der Waals surface area contributed by atoms with Gasteiger partial charge in [0.1, 0.15) is 6.04 Å². The van der Waals surface area contributed by atoms with Crippen molar-refractivity contribution in [1.29, 1.82) is 0 Å². The first kappa shape index (κ1) is 26.4. The number of likely N-dealkylation sites (N-methyl/N-ethyl adjacent to an activating group) is 1. The van der Waals surface area contributed by atoms with Crippen LogP contribution >= 0.6 is 46.6 Å². The molecule has 1 N–H and O–H groups in total. The number of rotatable bonds is 10. The summed E-state index contributed by atoms with van der Waals surface area (Å²) < 4.78 is 0. The maximum atomic E-state index is 13.4. The Kier molecular flexibility index (Phi) is 10.1. The summed E-state index contributed by atoms with van der Waals surface area (Å²) in [6.45, 7) is 0.300. The fourth-order valence-corrected chi connectivity index (χ4v) is 4.78. The second-order valence-corrected chi connectivity index (χ2v) is 9.95. The zero-order valence-corrected chi connectivity index (χ0v) is 21.7. The van der Waals surface area contributed by atoms with Gasteiger partial charge in [-0.1, -0.05) is 83.3 Å². The number of hydrogen-bond donors (Lipinski definition) is 1. The molecule has 3 aromatic carbocycles. The van der Waals surface area contributed by atoms with Crippen LogP contribution < -0.4 is 5.32 Å². The van der Waals surface area contributed by atoms with Gasteiger partial charge in [0.2, 0.25) is 11.8 Å². The molecule has 0 spiro atoms. The van der Waals surface area contributed by atoms with Gasteiger partial charge in [-0.15, -0.1) is 11.8 Å². The minimum atomic E-state index is -0.652. The van der Waals surface area contributed by atoms with Gasteiger partial charge in [0.25, 0.3) is 0 Å². The van der Waals surface area contributed by atoms with E-state index in [4.69, 9.17) is 34.8 Å². The van der Waals surface area contributed by atoms with Crippen LogP contribution in [0.1, 0.15) is 16.7 Å². The van der Waals surface area contributed by atoms with E-state index in [9.17, 15) is 9.59 Å². The molecule has 0 aromatic heterocycles. The van der Waals surface area contributed by atoms with E-state index in [1.54, 1.807) is 36.2 Å². The second kappa shape index (κ2) is 13.1. The fraction of sp³-hybridized carbons (Fsp3) is 0.231. The molecule has 4 nitrogen and oxygen atoms in total. The zero-order valence-electron chi connectivity index (χ0n) is 18.6. The number of carbonyl (C=O) groups is 2. The van der Waals surface area contributed by atoms with E-state index in [2.05, 4.69) is 5.32 Å². The smallest absolute Gasteiger partial charge is 0.242 e. The van der Waals surface area contributed by atoms with Gasteiger partial charge in [0, 0.05) is 30.8 Å². The number of nitrogens with zero attached hydrogens (tertiary/aromatic N) is 1. The molecule has 0 aliphatic carbocycles. The van der Waals surface area contributed by atoms with Crippen LogP contribution in [0, 0.1) is 0 Å². The highest BCUT2D eigenvalue weighted by Crippen LogP contribution is 2.25. The third-order valence-electron chi connectivity index (χ3n) is 5.26. The molecule has 0 radical (unpaired) electrons. The second-order valence-electron chi connectivity index (χ2n) is 7.71. The third-order valence-corrected chi connectivity index (χ3v) is 7.24. The Labute approximate surface area is 219 Å². The molecule has 3 rings (SSSR count). The van der Waals surface area contributed by atoms with Crippen LogP contribution in [0.5, 0.6) is 0 Å². The molecular formula is C26H25Cl3N2O2S. The Bertz CT molecular complexity index is 1110. The van der Waals surface area contributed by atoms with Crippen molar-refractivity contribution in [3.63, 3.8) is 0 Å². The van der Waals surface area contributed by atoms with Crippen molar-refractivity contribution in [2.24, 2.45) is 0 Å². The summed E-state index contributed by atoms with van der Waals surface area (Å²) in [5.41, 5.74) is 2.85. The SMILES string of the molecule is CNC(=O)[C@H](Cc1ccccc1)N(Cc1ccc(Cl)cc1)C(=O)CSCc1ccc(Cl)c(Cl)c1. The molecule has 3 aromatic rings. The Hall–Kier alpha value is -2.18. The highest BCUT2D eigenvalue weighted by atomic mass is 35.5. The summed E-state index contributed by atoms with van der Waals surface area (Å²) >= 11 is 19.6. The largest absolute Gasteiger partial charge is 0.357 e. The first-order chi connectivity index (χ1) is 16.4. The fourth-order valence-electron chi connectivity index (χ4n) is 3.48. The average molecular weight is 536 g/mol. The van der Waals surface area contributed by atoms with Crippen LogP contribution in [0.15, 0.2) is 72.8 Å². The highest BCUT2D eigenvalue weighted by Gasteiger charge is 2.29. The Morgan fingerprint density at radius 3 is 2.21 bits per heavy atom. The number of nitrogens with one attached hydrogen (secondary N) is 1.